The van der Waals surface area contributed by atoms with E-state index in [-0.39, 0.29) is 9.63 Å². The van der Waals surface area contributed by atoms with Crippen LogP contribution in [0.3, 0.4) is 0 Å². The molecule has 0 bridgehead atoms. The van der Waals surface area contributed by atoms with Gasteiger partial charge in [-0.15, -0.1) is 0 Å². The van der Waals surface area contributed by atoms with E-state index in [9.17, 15) is 23.7 Å². The second-order valence-electron chi connectivity index (χ2n) is 3.23. The van der Waals surface area contributed by atoms with Crippen molar-refractivity contribution in [2.75, 3.05) is 7.05 Å². The van der Waals surface area contributed by atoms with Gasteiger partial charge in [-0.3, -0.25) is 10.1 Å². The van der Waals surface area contributed by atoms with Crippen LogP contribution in [0.2, 0.25) is 0 Å². The van der Waals surface area contributed by atoms with Gasteiger partial charge in [0.2, 0.25) is 6.21 Å². The summed E-state index contributed by atoms with van der Waals surface area (Å²) in [5, 5.41) is 19.3. The van der Waals surface area contributed by atoms with E-state index in [0.29, 0.717) is 6.21 Å². The number of benzene rings is 1. The van der Waals surface area contributed by atoms with Crippen LogP contribution in [0.15, 0.2) is 35.2 Å². The summed E-state index contributed by atoms with van der Waals surface area (Å²) in [6.07, 6.45) is 0.502. The Kier molecular flexibility index (Phi) is 3.79. The van der Waals surface area contributed by atoms with Crippen molar-refractivity contribution in [2.45, 2.75) is 10.3 Å². The highest BCUT2D eigenvalue weighted by atomic mass is 32.2. The van der Waals surface area contributed by atoms with E-state index in [1.807, 2.05) is 0 Å². The summed E-state index contributed by atoms with van der Waals surface area (Å²) >= 11 is 0. The molecule has 7 nitrogen and oxygen atoms in total. The SMILES string of the molecule is C[N+]([O-])=CC([N+](=O)[O-])S(=O)(=O)c1ccccc1. The molecular weight excluding hydrogens is 248 g/mol. The van der Waals surface area contributed by atoms with E-state index >= 15 is 0 Å². The van der Waals surface area contributed by atoms with Crippen LogP contribution in [0.4, 0.5) is 0 Å². The lowest BCUT2D eigenvalue weighted by Crippen LogP contribution is -2.33. The Labute approximate surface area is 97.7 Å². The molecule has 0 heterocycles. The van der Waals surface area contributed by atoms with Gasteiger partial charge in [0.1, 0.15) is 7.05 Å². The van der Waals surface area contributed by atoms with Crippen molar-refractivity contribution >= 4 is 16.1 Å². The van der Waals surface area contributed by atoms with E-state index in [1.165, 1.54) is 24.3 Å². The third-order valence-corrected chi connectivity index (χ3v) is 3.79. The Bertz CT molecular complexity index is 534. The second-order valence-corrected chi connectivity index (χ2v) is 5.27. The van der Waals surface area contributed by atoms with Gasteiger partial charge in [0.25, 0.3) is 9.84 Å². The summed E-state index contributed by atoms with van der Waals surface area (Å²) in [6.45, 7) is 0. The summed E-state index contributed by atoms with van der Waals surface area (Å²) in [5.41, 5.74) is 0. The minimum Gasteiger partial charge on any atom is -0.624 e. The average molecular weight is 258 g/mol. The van der Waals surface area contributed by atoms with E-state index in [1.54, 1.807) is 6.07 Å². The molecule has 0 spiro atoms. The monoisotopic (exact) mass is 258 g/mol. The standard InChI is InChI=1S/C9H10N2O5S/c1-10(12)7-9(11(13)14)17(15,16)8-5-3-2-4-6-8/h2-7,9H,1H3. The molecule has 1 aromatic carbocycles. The van der Waals surface area contributed by atoms with E-state index in [2.05, 4.69) is 0 Å². The van der Waals surface area contributed by atoms with Gasteiger partial charge in [0, 0.05) is 0 Å². The van der Waals surface area contributed by atoms with Crippen molar-refractivity contribution in [2.24, 2.45) is 0 Å². The maximum Gasteiger partial charge on any atom is 0.389 e. The minimum absolute atomic E-state index is 0.105. The first-order chi connectivity index (χ1) is 7.85. The van der Waals surface area contributed by atoms with Crippen LogP contribution < -0.4 is 0 Å². The van der Waals surface area contributed by atoms with Crippen molar-refractivity contribution in [3.05, 3.63) is 45.7 Å². The largest absolute Gasteiger partial charge is 0.624 e. The molecule has 0 saturated heterocycles. The van der Waals surface area contributed by atoms with Crippen LogP contribution in [0.1, 0.15) is 0 Å². The molecule has 1 atom stereocenters. The van der Waals surface area contributed by atoms with Crippen molar-refractivity contribution < 1.29 is 18.1 Å². The van der Waals surface area contributed by atoms with Crippen LogP contribution in [0.5, 0.6) is 0 Å². The molecule has 0 saturated carbocycles. The highest BCUT2D eigenvalue weighted by Gasteiger charge is 2.38. The lowest BCUT2D eigenvalue weighted by atomic mass is 10.4. The van der Waals surface area contributed by atoms with Gasteiger partial charge in [-0.2, -0.15) is 0 Å². The predicted molar refractivity (Wildman–Crippen MR) is 60.0 cm³/mol. The lowest BCUT2D eigenvalue weighted by molar-refractivity contribution is -0.494. The molecule has 0 aliphatic heterocycles. The zero-order valence-corrected chi connectivity index (χ0v) is 9.70. The van der Waals surface area contributed by atoms with Crippen LogP contribution in [0, 0.1) is 15.3 Å². The maximum atomic E-state index is 11.9. The van der Waals surface area contributed by atoms with E-state index in [4.69, 9.17) is 0 Å². The minimum atomic E-state index is -4.19. The summed E-state index contributed by atoms with van der Waals surface area (Å²) in [4.78, 5) is 9.47. The highest BCUT2D eigenvalue weighted by molar-refractivity contribution is 7.92. The number of sulfone groups is 1. The molecule has 0 N–H and O–H groups in total. The van der Waals surface area contributed by atoms with Gasteiger partial charge in [-0.25, -0.2) is 13.2 Å². The number of hydrogen-bond acceptors (Lipinski definition) is 5. The Morgan fingerprint density at radius 3 is 2.18 bits per heavy atom. The summed E-state index contributed by atoms with van der Waals surface area (Å²) in [6, 6.07) is 6.97. The second kappa shape index (κ2) is 4.91. The third kappa shape index (κ3) is 3.00. The molecule has 1 aromatic rings. The van der Waals surface area contributed by atoms with Crippen molar-refractivity contribution in [3.63, 3.8) is 0 Å². The number of hydroxylamine groups is 1. The van der Waals surface area contributed by atoms with Crippen LogP contribution in [0.25, 0.3) is 0 Å². The topological polar surface area (TPSA) is 103 Å². The fourth-order valence-corrected chi connectivity index (χ4v) is 2.55. The molecule has 0 radical (unpaired) electrons. The van der Waals surface area contributed by atoms with E-state index in [0.717, 1.165) is 7.05 Å². The molecule has 92 valence electrons. The zero-order chi connectivity index (χ0) is 13.1. The molecule has 0 amide bonds. The van der Waals surface area contributed by atoms with Gasteiger partial charge < -0.3 is 5.21 Å². The first-order valence-corrected chi connectivity index (χ1v) is 6.07. The third-order valence-electron chi connectivity index (χ3n) is 1.93. The zero-order valence-electron chi connectivity index (χ0n) is 8.89. The van der Waals surface area contributed by atoms with Crippen LogP contribution >= 0.6 is 0 Å². The fourth-order valence-electron chi connectivity index (χ4n) is 1.18. The molecule has 1 rings (SSSR count). The molecule has 0 aliphatic rings. The molecule has 8 heteroatoms. The Hall–Kier alpha value is -1.96. The smallest absolute Gasteiger partial charge is 0.389 e. The van der Waals surface area contributed by atoms with Crippen LogP contribution in [-0.2, 0) is 9.84 Å². The van der Waals surface area contributed by atoms with Crippen LogP contribution in [-0.4, -0.2) is 36.7 Å². The Morgan fingerprint density at radius 1 is 1.24 bits per heavy atom. The maximum absolute atomic E-state index is 11.9. The number of hydrogen-bond donors (Lipinski definition) is 0. The number of nitro groups is 1. The summed E-state index contributed by atoms with van der Waals surface area (Å²) < 4.78 is 23.8. The van der Waals surface area contributed by atoms with Gasteiger partial charge in [0.05, 0.1) is 9.82 Å². The Morgan fingerprint density at radius 2 is 1.76 bits per heavy atom. The average Bonchev–Trinajstić information content (AvgIpc) is 2.26. The number of rotatable bonds is 4. The van der Waals surface area contributed by atoms with Gasteiger partial charge in [-0.05, 0) is 12.1 Å². The van der Waals surface area contributed by atoms with Crippen molar-refractivity contribution in [3.8, 4) is 0 Å². The summed E-state index contributed by atoms with van der Waals surface area (Å²) in [7, 11) is -3.21. The molecule has 1 unspecified atom stereocenters. The van der Waals surface area contributed by atoms with E-state index < -0.39 is 20.1 Å². The van der Waals surface area contributed by atoms with Gasteiger partial charge >= 0.3 is 5.37 Å². The normalized spacial score (nSPS) is 14.3. The summed E-state index contributed by atoms with van der Waals surface area (Å²) in [5.74, 6) is 0. The van der Waals surface area contributed by atoms with Gasteiger partial charge in [0.15, 0.2) is 0 Å². The molecular formula is C9H10N2O5S. The first-order valence-electron chi connectivity index (χ1n) is 4.53. The molecule has 0 aliphatic carbocycles. The van der Waals surface area contributed by atoms with Crippen molar-refractivity contribution in [1.29, 1.82) is 0 Å². The molecule has 0 aromatic heterocycles. The molecule has 17 heavy (non-hydrogen) atoms. The quantitative estimate of drug-likeness (QED) is 0.253. The predicted octanol–water partition coefficient (Wildman–Crippen LogP) is 0.274. The lowest BCUT2D eigenvalue weighted by Gasteiger charge is -2.06. The number of nitrogens with zero attached hydrogens (tertiary/aromatic N) is 2. The highest BCUT2D eigenvalue weighted by Crippen LogP contribution is 2.14. The molecule has 0 fully saturated rings. The fraction of sp³-hybridized carbons (Fsp3) is 0.222. The van der Waals surface area contributed by atoms with Gasteiger partial charge in [-0.1, -0.05) is 18.2 Å². The van der Waals surface area contributed by atoms with Crippen molar-refractivity contribution in [1.82, 2.24) is 0 Å². The Balaban J connectivity index is 3.29. The first kappa shape index (κ1) is 13.1.